The van der Waals surface area contributed by atoms with Gasteiger partial charge in [0.25, 0.3) is 0 Å². The van der Waals surface area contributed by atoms with Gasteiger partial charge >= 0.3 is 0 Å². The molecule has 0 atom stereocenters. The molecule has 0 unspecified atom stereocenters. The molecule has 5 nitrogen and oxygen atoms in total. The molecule has 110 valence electrons. The molecule has 20 heavy (non-hydrogen) atoms. The highest BCUT2D eigenvalue weighted by atomic mass is 32.1. The van der Waals surface area contributed by atoms with E-state index in [0.29, 0.717) is 11.8 Å². The van der Waals surface area contributed by atoms with Crippen molar-refractivity contribution in [1.82, 2.24) is 15.1 Å². The normalized spacial score (nSPS) is 20.0. The Balaban J connectivity index is 1.39. The number of nitrogens with one attached hydrogen (secondary N) is 1. The topological polar surface area (TPSA) is 58.1 Å². The van der Waals surface area contributed by atoms with Crippen molar-refractivity contribution in [3.05, 3.63) is 5.01 Å². The van der Waals surface area contributed by atoms with Crippen molar-refractivity contribution < 1.29 is 4.79 Å². The third kappa shape index (κ3) is 3.29. The zero-order chi connectivity index (χ0) is 13.8. The van der Waals surface area contributed by atoms with Crippen LogP contribution in [0.1, 0.15) is 55.9 Å². The van der Waals surface area contributed by atoms with Gasteiger partial charge in [0.1, 0.15) is 5.01 Å². The summed E-state index contributed by atoms with van der Waals surface area (Å²) >= 11 is 1.70. The third-order valence-electron chi connectivity index (χ3n) is 4.20. The number of amides is 1. The molecular weight excluding hydrogens is 272 g/mol. The molecule has 6 heteroatoms. The second-order valence-corrected chi connectivity index (χ2v) is 6.70. The Morgan fingerprint density at radius 2 is 2.10 bits per heavy atom. The van der Waals surface area contributed by atoms with E-state index in [1.165, 1.54) is 30.7 Å². The fourth-order valence-corrected chi connectivity index (χ4v) is 3.99. The molecule has 1 N–H and O–H groups in total. The maximum Gasteiger partial charge on any atom is 0.222 e. The van der Waals surface area contributed by atoms with Gasteiger partial charge in [-0.15, -0.1) is 10.2 Å². The standard InChI is InChI=1S/C14H22N4OS/c19-12-7-3-9-18(12)10-4-8-15-14-17-16-13(20-14)11-5-1-2-6-11/h11H,1-10H2,(H,15,17). The summed E-state index contributed by atoms with van der Waals surface area (Å²) < 4.78 is 0. The van der Waals surface area contributed by atoms with Crippen molar-refractivity contribution >= 4 is 22.4 Å². The van der Waals surface area contributed by atoms with E-state index in [0.717, 1.165) is 44.0 Å². The lowest BCUT2D eigenvalue weighted by molar-refractivity contribution is -0.127. The number of anilines is 1. The van der Waals surface area contributed by atoms with Gasteiger partial charge in [-0.1, -0.05) is 24.2 Å². The minimum atomic E-state index is 0.310. The summed E-state index contributed by atoms with van der Waals surface area (Å²) in [5.74, 6) is 0.953. The summed E-state index contributed by atoms with van der Waals surface area (Å²) in [6.07, 6.45) is 7.93. The highest BCUT2D eigenvalue weighted by Crippen LogP contribution is 2.36. The van der Waals surface area contributed by atoms with Crippen LogP contribution >= 0.6 is 11.3 Å². The lowest BCUT2D eigenvalue weighted by Gasteiger charge is -2.14. The van der Waals surface area contributed by atoms with Gasteiger partial charge in [0.2, 0.25) is 11.0 Å². The van der Waals surface area contributed by atoms with Gasteiger partial charge in [0.05, 0.1) is 0 Å². The quantitative estimate of drug-likeness (QED) is 0.819. The average molecular weight is 294 g/mol. The molecule has 2 aliphatic rings. The molecule has 1 aliphatic heterocycles. The first kappa shape index (κ1) is 13.8. The zero-order valence-electron chi connectivity index (χ0n) is 11.8. The van der Waals surface area contributed by atoms with E-state index in [1.807, 2.05) is 4.90 Å². The predicted molar refractivity (Wildman–Crippen MR) is 80.0 cm³/mol. The fourth-order valence-electron chi connectivity index (χ4n) is 3.05. The van der Waals surface area contributed by atoms with Crippen molar-refractivity contribution in [1.29, 1.82) is 0 Å². The van der Waals surface area contributed by atoms with Gasteiger partial charge < -0.3 is 10.2 Å². The monoisotopic (exact) mass is 294 g/mol. The molecule has 1 saturated carbocycles. The molecule has 3 rings (SSSR count). The molecule has 1 saturated heterocycles. The highest BCUT2D eigenvalue weighted by molar-refractivity contribution is 7.15. The van der Waals surface area contributed by atoms with Crippen LogP contribution in [0.25, 0.3) is 0 Å². The Hall–Kier alpha value is -1.17. The Morgan fingerprint density at radius 3 is 2.85 bits per heavy atom. The van der Waals surface area contributed by atoms with Crippen LogP contribution in [0.2, 0.25) is 0 Å². The molecule has 0 bridgehead atoms. The van der Waals surface area contributed by atoms with Crippen LogP contribution in [0.5, 0.6) is 0 Å². The summed E-state index contributed by atoms with van der Waals surface area (Å²) in [6, 6.07) is 0. The lowest BCUT2D eigenvalue weighted by Crippen LogP contribution is -2.26. The first-order valence-corrected chi connectivity index (χ1v) is 8.49. The number of rotatable bonds is 6. The highest BCUT2D eigenvalue weighted by Gasteiger charge is 2.21. The summed E-state index contributed by atoms with van der Waals surface area (Å²) in [5.41, 5.74) is 0. The Labute approximate surface area is 123 Å². The summed E-state index contributed by atoms with van der Waals surface area (Å²) in [5, 5.41) is 14.0. The summed E-state index contributed by atoms with van der Waals surface area (Å²) in [4.78, 5) is 13.4. The minimum Gasteiger partial charge on any atom is -0.360 e. The van der Waals surface area contributed by atoms with Gasteiger partial charge in [0, 0.05) is 32.0 Å². The summed E-state index contributed by atoms with van der Waals surface area (Å²) in [7, 11) is 0. The SMILES string of the molecule is O=C1CCCN1CCCNc1nnc(C2CCCC2)s1. The molecule has 0 spiro atoms. The number of hydrogen-bond donors (Lipinski definition) is 1. The van der Waals surface area contributed by atoms with Crippen molar-refractivity contribution in [3.63, 3.8) is 0 Å². The molecule has 1 aromatic rings. The van der Waals surface area contributed by atoms with E-state index in [9.17, 15) is 4.79 Å². The van der Waals surface area contributed by atoms with Crippen molar-refractivity contribution in [2.75, 3.05) is 25.0 Å². The number of likely N-dealkylation sites (tertiary alicyclic amines) is 1. The van der Waals surface area contributed by atoms with Gasteiger partial charge in [-0.25, -0.2) is 0 Å². The van der Waals surface area contributed by atoms with Gasteiger partial charge in [-0.2, -0.15) is 0 Å². The van der Waals surface area contributed by atoms with Crippen LogP contribution < -0.4 is 5.32 Å². The molecule has 2 heterocycles. The third-order valence-corrected chi connectivity index (χ3v) is 5.24. The van der Waals surface area contributed by atoms with Crippen molar-refractivity contribution in [3.8, 4) is 0 Å². The summed E-state index contributed by atoms with van der Waals surface area (Å²) in [6.45, 7) is 2.66. The van der Waals surface area contributed by atoms with E-state index < -0.39 is 0 Å². The number of nitrogens with zero attached hydrogens (tertiary/aromatic N) is 3. The molecule has 0 radical (unpaired) electrons. The Bertz CT molecular complexity index is 456. The molecule has 0 aromatic carbocycles. The maximum absolute atomic E-state index is 11.5. The zero-order valence-corrected chi connectivity index (χ0v) is 12.6. The average Bonchev–Trinajstić information content (AvgIpc) is 3.17. The van der Waals surface area contributed by atoms with Crippen LogP contribution in [0, 0.1) is 0 Å². The van der Waals surface area contributed by atoms with Gasteiger partial charge in [-0.3, -0.25) is 4.79 Å². The minimum absolute atomic E-state index is 0.310. The second kappa shape index (κ2) is 6.52. The molecule has 1 aliphatic carbocycles. The van der Waals surface area contributed by atoms with Gasteiger partial charge in [-0.05, 0) is 25.7 Å². The van der Waals surface area contributed by atoms with E-state index in [-0.39, 0.29) is 0 Å². The number of carbonyl (C=O) groups excluding carboxylic acids is 1. The van der Waals surface area contributed by atoms with E-state index in [2.05, 4.69) is 15.5 Å². The van der Waals surface area contributed by atoms with E-state index >= 15 is 0 Å². The van der Waals surface area contributed by atoms with Gasteiger partial charge in [0.15, 0.2) is 0 Å². The predicted octanol–water partition coefficient (Wildman–Crippen LogP) is 2.62. The van der Waals surface area contributed by atoms with E-state index in [1.54, 1.807) is 11.3 Å². The Morgan fingerprint density at radius 1 is 1.25 bits per heavy atom. The van der Waals surface area contributed by atoms with Crippen LogP contribution in [-0.2, 0) is 4.79 Å². The van der Waals surface area contributed by atoms with Crippen LogP contribution in [0.4, 0.5) is 5.13 Å². The first-order valence-electron chi connectivity index (χ1n) is 7.68. The largest absolute Gasteiger partial charge is 0.360 e. The lowest BCUT2D eigenvalue weighted by atomic mass is 10.1. The number of aromatic nitrogens is 2. The van der Waals surface area contributed by atoms with Crippen LogP contribution in [0.15, 0.2) is 0 Å². The maximum atomic E-state index is 11.5. The first-order chi connectivity index (χ1) is 9.83. The number of hydrogen-bond acceptors (Lipinski definition) is 5. The molecule has 2 fully saturated rings. The molecule has 1 amide bonds. The van der Waals surface area contributed by atoms with Crippen molar-refractivity contribution in [2.24, 2.45) is 0 Å². The molecular formula is C14H22N4OS. The van der Waals surface area contributed by atoms with Crippen molar-refractivity contribution in [2.45, 2.75) is 50.9 Å². The number of carbonyl (C=O) groups is 1. The fraction of sp³-hybridized carbons (Fsp3) is 0.786. The van der Waals surface area contributed by atoms with Crippen LogP contribution in [0.3, 0.4) is 0 Å². The smallest absolute Gasteiger partial charge is 0.222 e. The van der Waals surface area contributed by atoms with Crippen LogP contribution in [-0.4, -0.2) is 40.6 Å². The molecule has 1 aromatic heterocycles. The second-order valence-electron chi connectivity index (χ2n) is 5.69. The Kier molecular flexibility index (Phi) is 4.50. The van der Waals surface area contributed by atoms with E-state index in [4.69, 9.17) is 0 Å².